The van der Waals surface area contributed by atoms with Gasteiger partial charge in [0.25, 0.3) is 0 Å². The average molecular weight is 156 g/mol. The lowest BCUT2D eigenvalue weighted by atomic mass is 9.81. The first-order chi connectivity index (χ1) is 5.24. The van der Waals surface area contributed by atoms with Crippen molar-refractivity contribution in [2.75, 3.05) is 0 Å². The van der Waals surface area contributed by atoms with E-state index < -0.39 is 0 Å². The number of rotatable bonds is 2. The van der Waals surface area contributed by atoms with Gasteiger partial charge in [-0.25, -0.2) is 0 Å². The summed E-state index contributed by atoms with van der Waals surface area (Å²) >= 11 is 0. The highest BCUT2D eigenvalue weighted by atomic mass is 14.8. The summed E-state index contributed by atoms with van der Waals surface area (Å²) in [5.74, 6) is 0.856. The fraction of sp³-hybridized carbons (Fsp3) is 1.00. The van der Waals surface area contributed by atoms with Crippen LogP contribution in [0.2, 0.25) is 0 Å². The van der Waals surface area contributed by atoms with E-state index in [1.165, 1.54) is 19.3 Å². The molecule has 1 saturated carbocycles. The lowest BCUT2D eigenvalue weighted by Gasteiger charge is -2.31. The van der Waals surface area contributed by atoms with Gasteiger partial charge in [-0.3, -0.25) is 0 Å². The van der Waals surface area contributed by atoms with Crippen molar-refractivity contribution in [2.24, 2.45) is 17.4 Å². The summed E-state index contributed by atoms with van der Waals surface area (Å²) < 4.78 is 0. The van der Waals surface area contributed by atoms with Gasteiger partial charge in [-0.1, -0.05) is 19.8 Å². The first kappa shape index (κ1) is 9.01. The second kappa shape index (κ2) is 4.07. The van der Waals surface area contributed by atoms with Crippen molar-refractivity contribution in [3.05, 3.63) is 0 Å². The second-order valence-electron chi connectivity index (χ2n) is 3.80. The van der Waals surface area contributed by atoms with Crippen LogP contribution in [-0.4, -0.2) is 12.1 Å². The molecule has 1 rings (SSSR count). The van der Waals surface area contributed by atoms with Crippen molar-refractivity contribution in [3.8, 4) is 0 Å². The maximum atomic E-state index is 5.87. The Morgan fingerprint density at radius 2 is 1.91 bits per heavy atom. The van der Waals surface area contributed by atoms with Crippen LogP contribution in [0, 0.1) is 5.92 Å². The van der Waals surface area contributed by atoms with Crippen molar-refractivity contribution < 1.29 is 0 Å². The summed E-state index contributed by atoms with van der Waals surface area (Å²) in [4.78, 5) is 0. The lowest BCUT2D eigenvalue weighted by Crippen LogP contribution is -2.45. The fourth-order valence-corrected chi connectivity index (χ4v) is 1.99. The van der Waals surface area contributed by atoms with Crippen LogP contribution in [-0.2, 0) is 0 Å². The largest absolute Gasteiger partial charge is 0.326 e. The van der Waals surface area contributed by atoms with Crippen LogP contribution >= 0.6 is 0 Å². The predicted octanol–water partition coefficient (Wildman–Crippen LogP) is 1.24. The summed E-state index contributed by atoms with van der Waals surface area (Å²) in [6.07, 6.45) is 6.19. The lowest BCUT2D eigenvalue weighted by molar-refractivity contribution is 0.275. The molecule has 0 bridgehead atoms. The highest BCUT2D eigenvalue weighted by Crippen LogP contribution is 2.25. The molecule has 0 aromatic heterocycles. The third-order valence-corrected chi connectivity index (χ3v) is 2.76. The van der Waals surface area contributed by atoms with Crippen molar-refractivity contribution in [1.82, 2.24) is 0 Å². The SMILES string of the molecule is CCCC1CCC(N)C(N)C1. The molecule has 1 fully saturated rings. The summed E-state index contributed by atoms with van der Waals surface area (Å²) in [6.45, 7) is 2.24. The summed E-state index contributed by atoms with van der Waals surface area (Å²) in [5.41, 5.74) is 11.7. The van der Waals surface area contributed by atoms with E-state index in [2.05, 4.69) is 6.92 Å². The Hall–Kier alpha value is -0.0800. The van der Waals surface area contributed by atoms with Crippen molar-refractivity contribution in [2.45, 2.75) is 51.1 Å². The highest BCUT2D eigenvalue weighted by Gasteiger charge is 2.24. The monoisotopic (exact) mass is 156 g/mol. The molecule has 1 aliphatic rings. The van der Waals surface area contributed by atoms with Gasteiger partial charge in [0.15, 0.2) is 0 Å². The van der Waals surface area contributed by atoms with E-state index in [9.17, 15) is 0 Å². The molecule has 0 saturated heterocycles. The molecule has 0 aromatic carbocycles. The smallest absolute Gasteiger partial charge is 0.0194 e. The molecule has 3 atom stereocenters. The Labute approximate surface area is 69.3 Å². The van der Waals surface area contributed by atoms with E-state index in [0.717, 1.165) is 18.8 Å². The zero-order valence-corrected chi connectivity index (χ0v) is 7.42. The van der Waals surface area contributed by atoms with Crippen LogP contribution in [0.3, 0.4) is 0 Å². The van der Waals surface area contributed by atoms with Gasteiger partial charge in [0, 0.05) is 12.1 Å². The normalized spacial score (nSPS) is 39.0. The van der Waals surface area contributed by atoms with Crippen LogP contribution in [0.4, 0.5) is 0 Å². The van der Waals surface area contributed by atoms with Gasteiger partial charge in [-0.2, -0.15) is 0 Å². The van der Waals surface area contributed by atoms with Gasteiger partial charge in [-0.05, 0) is 25.2 Å². The van der Waals surface area contributed by atoms with Crippen LogP contribution in [0.15, 0.2) is 0 Å². The third-order valence-electron chi connectivity index (χ3n) is 2.76. The molecule has 0 amide bonds. The second-order valence-corrected chi connectivity index (χ2v) is 3.80. The molecule has 66 valence electrons. The van der Waals surface area contributed by atoms with E-state index in [1.54, 1.807) is 0 Å². The van der Waals surface area contributed by atoms with E-state index in [-0.39, 0.29) is 12.1 Å². The highest BCUT2D eigenvalue weighted by molar-refractivity contribution is 4.84. The van der Waals surface area contributed by atoms with Gasteiger partial charge < -0.3 is 11.5 Å². The number of nitrogens with two attached hydrogens (primary N) is 2. The van der Waals surface area contributed by atoms with E-state index in [0.29, 0.717) is 0 Å². The van der Waals surface area contributed by atoms with Crippen molar-refractivity contribution >= 4 is 0 Å². The molecule has 2 nitrogen and oxygen atoms in total. The van der Waals surface area contributed by atoms with E-state index in [4.69, 9.17) is 11.5 Å². The Balaban J connectivity index is 2.28. The van der Waals surface area contributed by atoms with Crippen molar-refractivity contribution in [3.63, 3.8) is 0 Å². The summed E-state index contributed by atoms with van der Waals surface area (Å²) in [5, 5.41) is 0. The number of hydrogen-bond acceptors (Lipinski definition) is 2. The van der Waals surface area contributed by atoms with Gasteiger partial charge in [0.05, 0.1) is 0 Å². The van der Waals surface area contributed by atoms with E-state index >= 15 is 0 Å². The molecule has 0 radical (unpaired) electrons. The number of hydrogen-bond donors (Lipinski definition) is 2. The molecule has 2 heteroatoms. The Morgan fingerprint density at radius 3 is 2.45 bits per heavy atom. The summed E-state index contributed by atoms with van der Waals surface area (Å²) in [6, 6.07) is 0.531. The minimum absolute atomic E-state index is 0.264. The Morgan fingerprint density at radius 1 is 1.18 bits per heavy atom. The van der Waals surface area contributed by atoms with Crippen molar-refractivity contribution in [1.29, 1.82) is 0 Å². The quantitative estimate of drug-likeness (QED) is 0.632. The Bertz CT molecular complexity index is 114. The fourth-order valence-electron chi connectivity index (χ4n) is 1.99. The first-order valence-corrected chi connectivity index (χ1v) is 4.75. The van der Waals surface area contributed by atoms with Crippen LogP contribution in [0.1, 0.15) is 39.0 Å². The molecule has 11 heavy (non-hydrogen) atoms. The third kappa shape index (κ3) is 2.46. The minimum atomic E-state index is 0.264. The first-order valence-electron chi connectivity index (χ1n) is 4.75. The zero-order valence-electron chi connectivity index (χ0n) is 7.42. The molecule has 1 aliphatic carbocycles. The Kier molecular flexibility index (Phi) is 3.34. The topological polar surface area (TPSA) is 52.0 Å². The average Bonchev–Trinajstić information content (AvgIpc) is 1.98. The van der Waals surface area contributed by atoms with Gasteiger partial charge in [0.2, 0.25) is 0 Å². The molecule has 0 aliphatic heterocycles. The summed E-state index contributed by atoms with van der Waals surface area (Å²) in [7, 11) is 0. The maximum Gasteiger partial charge on any atom is 0.0194 e. The predicted molar refractivity (Wildman–Crippen MR) is 48.2 cm³/mol. The standard InChI is InChI=1S/C9H20N2/c1-2-3-7-4-5-8(10)9(11)6-7/h7-9H,2-6,10-11H2,1H3. The molecule has 3 unspecified atom stereocenters. The minimum Gasteiger partial charge on any atom is -0.326 e. The zero-order chi connectivity index (χ0) is 8.27. The van der Waals surface area contributed by atoms with Gasteiger partial charge in [0.1, 0.15) is 0 Å². The molecular formula is C9H20N2. The molecule has 0 aromatic rings. The van der Waals surface area contributed by atoms with Crippen LogP contribution < -0.4 is 11.5 Å². The molecule has 0 heterocycles. The van der Waals surface area contributed by atoms with Crippen LogP contribution in [0.25, 0.3) is 0 Å². The maximum absolute atomic E-state index is 5.87. The molecule has 4 N–H and O–H groups in total. The van der Waals surface area contributed by atoms with Gasteiger partial charge >= 0.3 is 0 Å². The van der Waals surface area contributed by atoms with E-state index in [1.807, 2.05) is 0 Å². The molecule has 0 spiro atoms. The van der Waals surface area contributed by atoms with Gasteiger partial charge in [-0.15, -0.1) is 0 Å². The van der Waals surface area contributed by atoms with Crippen LogP contribution in [0.5, 0.6) is 0 Å². The molecular weight excluding hydrogens is 136 g/mol.